The SMILES string of the molecule is CN(Cc1cn(C)nn1)[C@H]1CCCC[C@H]1C(F)(F)F. The molecule has 1 aliphatic rings. The zero-order valence-corrected chi connectivity index (χ0v) is 11.2. The molecule has 0 unspecified atom stereocenters. The van der Waals surface area contributed by atoms with Gasteiger partial charge in [0.05, 0.1) is 11.6 Å². The maximum absolute atomic E-state index is 13.0. The summed E-state index contributed by atoms with van der Waals surface area (Å²) in [7, 11) is 3.49. The van der Waals surface area contributed by atoms with Crippen LogP contribution in [0.1, 0.15) is 31.4 Å². The molecule has 1 fully saturated rings. The van der Waals surface area contributed by atoms with Gasteiger partial charge in [0, 0.05) is 25.8 Å². The highest BCUT2D eigenvalue weighted by Crippen LogP contribution is 2.39. The van der Waals surface area contributed by atoms with E-state index < -0.39 is 18.1 Å². The molecule has 0 saturated heterocycles. The number of alkyl halides is 3. The Morgan fingerprint density at radius 3 is 2.63 bits per heavy atom. The Hall–Kier alpha value is -1.11. The van der Waals surface area contributed by atoms with Gasteiger partial charge < -0.3 is 0 Å². The maximum atomic E-state index is 13.0. The van der Waals surface area contributed by atoms with Gasteiger partial charge in [0.1, 0.15) is 0 Å². The largest absolute Gasteiger partial charge is 0.393 e. The van der Waals surface area contributed by atoms with Crippen molar-refractivity contribution in [1.82, 2.24) is 19.9 Å². The Balaban J connectivity index is 2.05. The second-order valence-corrected chi connectivity index (χ2v) is 5.30. The third-order valence-corrected chi connectivity index (χ3v) is 3.78. The van der Waals surface area contributed by atoms with Gasteiger partial charge in [0.15, 0.2) is 0 Å². The van der Waals surface area contributed by atoms with Crippen LogP contribution < -0.4 is 0 Å². The number of halogens is 3. The Morgan fingerprint density at radius 1 is 1.37 bits per heavy atom. The fourth-order valence-electron chi connectivity index (χ4n) is 2.86. The molecular formula is C12H19F3N4. The third-order valence-electron chi connectivity index (χ3n) is 3.78. The Morgan fingerprint density at radius 2 is 2.05 bits per heavy atom. The lowest BCUT2D eigenvalue weighted by molar-refractivity contribution is -0.198. The summed E-state index contributed by atoms with van der Waals surface area (Å²) in [6.07, 6.45) is -0.00867. The summed E-state index contributed by atoms with van der Waals surface area (Å²) in [5.74, 6) is -1.22. The smallest absolute Gasteiger partial charge is 0.297 e. The van der Waals surface area contributed by atoms with Gasteiger partial charge in [-0.05, 0) is 19.9 Å². The minimum Gasteiger partial charge on any atom is -0.297 e. The Bertz CT molecular complexity index is 415. The average Bonchev–Trinajstić information content (AvgIpc) is 2.73. The molecule has 0 radical (unpaired) electrons. The lowest BCUT2D eigenvalue weighted by Crippen LogP contribution is -2.46. The number of aromatic nitrogens is 3. The van der Waals surface area contributed by atoms with Crippen molar-refractivity contribution < 1.29 is 13.2 Å². The molecule has 2 atom stereocenters. The van der Waals surface area contributed by atoms with Gasteiger partial charge in [-0.15, -0.1) is 5.10 Å². The summed E-state index contributed by atoms with van der Waals surface area (Å²) in [5, 5.41) is 7.73. The van der Waals surface area contributed by atoms with E-state index >= 15 is 0 Å². The fourth-order valence-corrected chi connectivity index (χ4v) is 2.86. The molecule has 0 bridgehead atoms. The van der Waals surface area contributed by atoms with Crippen molar-refractivity contribution in [2.75, 3.05) is 7.05 Å². The minimum atomic E-state index is -4.11. The van der Waals surface area contributed by atoms with Crippen molar-refractivity contribution in [3.63, 3.8) is 0 Å². The van der Waals surface area contributed by atoms with Crippen LogP contribution in [0.4, 0.5) is 13.2 Å². The molecule has 1 heterocycles. The molecule has 1 saturated carbocycles. The lowest BCUT2D eigenvalue weighted by Gasteiger charge is -2.38. The molecule has 7 heteroatoms. The fraction of sp³-hybridized carbons (Fsp3) is 0.833. The first kappa shape index (κ1) is 14.3. The van der Waals surface area contributed by atoms with Crippen LogP contribution >= 0.6 is 0 Å². The first-order valence-electron chi connectivity index (χ1n) is 6.50. The summed E-state index contributed by atoms with van der Waals surface area (Å²) >= 11 is 0. The predicted molar refractivity (Wildman–Crippen MR) is 64.3 cm³/mol. The van der Waals surface area contributed by atoms with Crippen LogP contribution in [-0.2, 0) is 13.6 Å². The molecule has 0 spiro atoms. The standard InChI is InChI=1S/C12H19F3N4/c1-18(7-9-8-19(2)17-16-9)11-6-4-3-5-10(11)12(13,14)15/h8,10-11H,3-7H2,1-2H3/t10-,11+/m1/s1. The highest BCUT2D eigenvalue weighted by atomic mass is 19.4. The topological polar surface area (TPSA) is 34.0 Å². The molecule has 1 aromatic rings. The summed E-state index contributed by atoms with van der Waals surface area (Å²) < 4.78 is 40.7. The number of rotatable bonds is 3. The summed E-state index contributed by atoms with van der Waals surface area (Å²) in [5.41, 5.74) is 0.705. The summed E-state index contributed by atoms with van der Waals surface area (Å²) in [6.45, 7) is 0.408. The number of hydrogen-bond donors (Lipinski definition) is 0. The van der Waals surface area contributed by atoms with Crippen LogP contribution in [0.5, 0.6) is 0 Å². The quantitative estimate of drug-likeness (QED) is 0.850. The van der Waals surface area contributed by atoms with Gasteiger partial charge in [0.25, 0.3) is 0 Å². The molecule has 2 rings (SSSR count). The van der Waals surface area contributed by atoms with Gasteiger partial charge in [-0.3, -0.25) is 9.58 Å². The van der Waals surface area contributed by atoms with Crippen molar-refractivity contribution in [1.29, 1.82) is 0 Å². The molecule has 0 amide bonds. The molecule has 1 aromatic heterocycles. The van der Waals surface area contributed by atoms with Crippen LogP contribution in [0, 0.1) is 5.92 Å². The van der Waals surface area contributed by atoms with Crippen molar-refractivity contribution in [2.24, 2.45) is 13.0 Å². The number of nitrogens with zero attached hydrogens (tertiary/aromatic N) is 4. The second-order valence-electron chi connectivity index (χ2n) is 5.30. The number of hydrogen-bond acceptors (Lipinski definition) is 3. The van der Waals surface area contributed by atoms with E-state index in [1.807, 2.05) is 0 Å². The van der Waals surface area contributed by atoms with E-state index in [9.17, 15) is 13.2 Å². The highest BCUT2D eigenvalue weighted by molar-refractivity contribution is 4.94. The normalized spacial score (nSPS) is 24.9. The van der Waals surface area contributed by atoms with Crippen molar-refractivity contribution in [3.05, 3.63) is 11.9 Å². The van der Waals surface area contributed by atoms with Crippen molar-refractivity contribution in [2.45, 2.75) is 44.4 Å². The van der Waals surface area contributed by atoms with E-state index in [0.717, 1.165) is 6.42 Å². The molecule has 0 aromatic carbocycles. The van der Waals surface area contributed by atoms with Gasteiger partial charge in [-0.25, -0.2) is 0 Å². The third kappa shape index (κ3) is 3.46. The molecule has 0 N–H and O–H groups in total. The van der Waals surface area contributed by atoms with E-state index in [0.29, 0.717) is 25.1 Å². The van der Waals surface area contributed by atoms with Crippen LogP contribution in [0.15, 0.2) is 6.20 Å². The van der Waals surface area contributed by atoms with E-state index in [2.05, 4.69) is 10.3 Å². The van der Waals surface area contributed by atoms with Gasteiger partial charge in [0.2, 0.25) is 0 Å². The Labute approximate surface area is 110 Å². The number of aryl methyl sites for hydroxylation is 1. The van der Waals surface area contributed by atoms with E-state index in [1.165, 1.54) is 0 Å². The minimum absolute atomic E-state index is 0.235. The zero-order valence-electron chi connectivity index (χ0n) is 11.2. The Kier molecular flexibility index (Phi) is 4.13. The summed E-state index contributed by atoms with van der Waals surface area (Å²) in [4.78, 5) is 1.77. The second kappa shape index (κ2) is 5.48. The molecular weight excluding hydrogens is 257 g/mol. The molecule has 1 aliphatic carbocycles. The van der Waals surface area contributed by atoms with E-state index in [4.69, 9.17) is 0 Å². The first-order valence-corrected chi connectivity index (χ1v) is 6.50. The summed E-state index contributed by atoms with van der Waals surface area (Å²) in [6, 6.07) is -0.448. The molecule has 4 nitrogen and oxygen atoms in total. The first-order chi connectivity index (χ1) is 8.88. The lowest BCUT2D eigenvalue weighted by atomic mass is 9.83. The van der Waals surface area contributed by atoms with Crippen LogP contribution in [0.3, 0.4) is 0 Å². The van der Waals surface area contributed by atoms with Crippen LogP contribution in [0.25, 0.3) is 0 Å². The van der Waals surface area contributed by atoms with Crippen molar-refractivity contribution in [3.8, 4) is 0 Å². The van der Waals surface area contributed by atoms with Gasteiger partial charge in [-0.1, -0.05) is 18.1 Å². The van der Waals surface area contributed by atoms with E-state index in [-0.39, 0.29) is 6.42 Å². The van der Waals surface area contributed by atoms with Gasteiger partial charge >= 0.3 is 6.18 Å². The average molecular weight is 276 g/mol. The van der Waals surface area contributed by atoms with E-state index in [1.54, 1.807) is 29.9 Å². The van der Waals surface area contributed by atoms with Crippen LogP contribution in [0.2, 0.25) is 0 Å². The zero-order chi connectivity index (χ0) is 14.0. The maximum Gasteiger partial charge on any atom is 0.393 e. The highest BCUT2D eigenvalue weighted by Gasteiger charge is 2.46. The predicted octanol–water partition coefficient (Wildman–Crippen LogP) is 2.37. The molecule has 19 heavy (non-hydrogen) atoms. The molecule has 108 valence electrons. The van der Waals surface area contributed by atoms with Gasteiger partial charge in [-0.2, -0.15) is 13.2 Å². The van der Waals surface area contributed by atoms with Crippen molar-refractivity contribution >= 4 is 0 Å². The monoisotopic (exact) mass is 276 g/mol. The molecule has 0 aliphatic heterocycles. The van der Waals surface area contributed by atoms with Crippen LogP contribution in [-0.4, -0.2) is 39.2 Å².